The number of ether oxygens (including phenoxy) is 2. The van der Waals surface area contributed by atoms with Crippen LogP contribution < -0.4 is 10.6 Å². The van der Waals surface area contributed by atoms with Crippen molar-refractivity contribution in [3.63, 3.8) is 0 Å². The lowest BCUT2D eigenvalue weighted by molar-refractivity contribution is -0.276. The summed E-state index contributed by atoms with van der Waals surface area (Å²) < 4.78 is 13.3. The molecule has 4 atom stereocenters. The third-order valence-electron chi connectivity index (χ3n) is 8.25. The fraction of sp³-hybridized carbons (Fsp3) is 0.441. The summed E-state index contributed by atoms with van der Waals surface area (Å²) in [5.74, 6) is 0.158. The molecule has 2 amide bonds. The minimum absolute atomic E-state index is 0.0114. The number of hydrogen-bond donors (Lipinski definition) is 3. The summed E-state index contributed by atoms with van der Waals surface area (Å²) in [6, 6.07) is 25.3. The van der Waals surface area contributed by atoms with Crippen molar-refractivity contribution < 1.29 is 19.4 Å². The Balaban J connectivity index is 1.27. The molecule has 0 aromatic heterocycles. The highest BCUT2D eigenvalue weighted by Gasteiger charge is 2.39. The normalized spacial score (nSPS) is 23.8. The van der Waals surface area contributed by atoms with Crippen LogP contribution in [0.4, 0.5) is 10.5 Å². The number of anilines is 1. The Labute approximate surface area is 243 Å². The van der Waals surface area contributed by atoms with E-state index in [2.05, 4.69) is 34.6 Å². The van der Waals surface area contributed by atoms with Gasteiger partial charge in [0.05, 0.1) is 18.8 Å². The Morgan fingerprint density at radius 2 is 1.49 bits per heavy atom. The zero-order valence-corrected chi connectivity index (χ0v) is 24.0. The van der Waals surface area contributed by atoms with Crippen molar-refractivity contribution in [1.29, 1.82) is 0 Å². The van der Waals surface area contributed by atoms with Crippen LogP contribution in [0.5, 0.6) is 0 Å². The van der Waals surface area contributed by atoms with Gasteiger partial charge >= 0.3 is 6.03 Å². The van der Waals surface area contributed by atoms with Crippen LogP contribution in [0.1, 0.15) is 73.7 Å². The second-order valence-corrected chi connectivity index (χ2v) is 11.3. The van der Waals surface area contributed by atoms with Gasteiger partial charge in [0.25, 0.3) is 0 Å². The molecule has 2 aliphatic rings. The van der Waals surface area contributed by atoms with E-state index in [1.807, 2.05) is 66.7 Å². The van der Waals surface area contributed by atoms with Crippen molar-refractivity contribution in [3.05, 3.63) is 101 Å². The van der Waals surface area contributed by atoms with E-state index < -0.39 is 6.29 Å². The largest absolute Gasteiger partial charge is 0.392 e. The van der Waals surface area contributed by atoms with E-state index in [9.17, 15) is 9.90 Å². The number of carbonyl (C=O) groups is 1. The number of likely N-dealkylation sites (tertiary alicyclic amines) is 1. The molecule has 0 aliphatic carbocycles. The van der Waals surface area contributed by atoms with Gasteiger partial charge in [-0.1, -0.05) is 92.9 Å². The number of aliphatic hydroxyl groups excluding tert-OH is 1. The number of rotatable bonds is 8. The summed E-state index contributed by atoms with van der Waals surface area (Å²) in [4.78, 5) is 15.0. The molecule has 3 aromatic rings. The molecule has 3 aromatic carbocycles. The van der Waals surface area contributed by atoms with E-state index >= 15 is 0 Å². The smallest absolute Gasteiger partial charge is 0.319 e. The monoisotopic (exact) mass is 557 g/mol. The molecular weight excluding hydrogens is 514 g/mol. The van der Waals surface area contributed by atoms with Crippen LogP contribution >= 0.6 is 0 Å². The Morgan fingerprint density at radius 1 is 0.829 bits per heavy atom. The maximum atomic E-state index is 12.4. The van der Waals surface area contributed by atoms with Crippen LogP contribution in [-0.2, 0) is 22.6 Å². The lowest BCUT2D eigenvalue weighted by atomic mass is 9.89. The van der Waals surface area contributed by atoms with E-state index in [-0.39, 0.29) is 30.8 Å². The Kier molecular flexibility index (Phi) is 10.4. The summed E-state index contributed by atoms with van der Waals surface area (Å²) in [7, 11) is 0. The number of benzene rings is 3. The van der Waals surface area contributed by atoms with Gasteiger partial charge in [0, 0.05) is 30.3 Å². The van der Waals surface area contributed by atoms with Crippen LogP contribution in [0, 0.1) is 5.92 Å². The molecule has 7 heteroatoms. The standard InChI is InChI=1S/C34H43N3O4/c1-25-31(23-37-20-8-3-2-4-9-21-37)40-33(41-32(25)28-14-12-27(24-38)13-15-28)29-16-18-30(19-17-29)36-34(39)35-22-26-10-6-5-7-11-26/h5-7,10-19,25,31-33,38H,2-4,8-9,20-24H2,1H3,(H2,35,36,39)/t25-,31+,32+,33+/m0/s1. The Bertz CT molecular complexity index is 1210. The zero-order valence-electron chi connectivity index (χ0n) is 24.0. The van der Waals surface area contributed by atoms with E-state index in [1.54, 1.807) is 0 Å². The third-order valence-corrected chi connectivity index (χ3v) is 8.25. The van der Waals surface area contributed by atoms with Crippen molar-refractivity contribution in [2.45, 2.75) is 70.7 Å². The minimum atomic E-state index is -0.519. The number of urea groups is 1. The van der Waals surface area contributed by atoms with Gasteiger partial charge in [-0.2, -0.15) is 0 Å². The van der Waals surface area contributed by atoms with Crippen LogP contribution in [0.2, 0.25) is 0 Å². The van der Waals surface area contributed by atoms with Gasteiger partial charge in [-0.3, -0.25) is 0 Å². The predicted molar refractivity (Wildman–Crippen MR) is 161 cm³/mol. The van der Waals surface area contributed by atoms with Crippen molar-refractivity contribution in [2.75, 3.05) is 25.0 Å². The van der Waals surface area contributed by atoms with Crippen LogP contribution in [0.25, 0.3) is 0 Å². The lowest BCUT2D eigenvalue weighted by Gasteiger charge is -2.43. The third kappa shape index (κ3) is 8.17. The van der Waals surface area contributed by atoms with Gasteiger partial charge in [0.2, 0.25) is 0 Å². The molecule has 5 rings (SSSR count). The molecule has 2 saturated heterocycles. The number of nitrogens with zero attached hydrogens (tertiary/aromatic N) is 1. The van der Waals surface area contributed by atoms with E-state index in [0.717, 1.165) is 41.9 Å². The number of amides is 2. The first-order valence-electron chi connectivity index (χ1n) is 15.0. The summed E-state index contributed by atoms with van der Waals surface area (Å²) in [5.41, 5.74) is 4.65. The molecule has 0 radical (unpaired) electrons. The summed E-state index contributed by atoms with van der Waals surface area (Å²) in [5, 5.41) is 15.3. The molecule has 0 bridgehead atoms. The molecule has 0 spiro atoms. The SMILES string of the molecule is C[C@H]1[C@@H](CN2CCCCCCC2)O[C@@H](c2ccc(NC(=O)NCc3ccccc3)cc2)O[C@H]1c1ccc(CO)cc1. The molecule has 3 N–H and O–H groups in total. The lowest BCUT2D eigenvalue weighted by Crippen LogP contribution is -2.45. The van der Waals surface area contributed by atoms with Crippen LogP contribution in [0.3, 0.4) is 0 Å². The van der Waals surface area contributed by atoms with Gasteiger partial charge in [0.1, 0.15) is 0 Å². The van der Waals surface area contributed by atoms with Gasteiger partial charge in [-0.15, -0.1) is 0 Å². The number of aliphatic hydroxyl groups is 1. The molecule has 2 fully saturated rings. The average Bonchev–Trinajstić information content (AvgIpc) is 2.99. The van der Waals surface area contributed by atoms with Crippen molar-refractivity contribution in [3.8, 4) is 0 Å². The van der Waals surface area contributed by atoms with Gasteiger partial charge in [-0.25, -0.2) is 4.79 Å². The molecule has 7 nitrogen and oxygen atoms in total. The molecule has 2 heterocycles. The van der Waals surface area contributed by atoms with E-state index in [0.29, 0.717) is 12.2 Å². The first-order chi connectivity index (χ1) is 20.1. The van der Waals surface area contributed by atoms with Crippen LogP contribution in [0.15, 0.2) is 78.9 Å². The Morgan fingerprint density at radius 3 is 2.17 bits per heavy atom. The topological polar surface area (TPSA) is 83.1 Å². The fourth-order valence-corrected chi connectivity index (χ4v) is 5.76. The molecule has 2 aliphatic heterocycles. The zero-order chi connectivity index (χ0) is 28.4. The molecule has 218 valence electrons. The highest BCUT2D eigenvalue weighted by Crippen LogP contribution is 2.42. The second-order valence-electron chi connectivity index (χ2n) is 11.3. The minimum Gasteiger partial charge on any atom is -0.392 e. The molecule has 0 unspecified atom stereocenters. The van der Waals surface area contributed by atoms with E-state index in [1.165, 1.54) is 32.1 Å². The highest BCUT2D eigenvalue weighted by molar-refractivity contribution is 5.89. The second kappa shape index (κ2) is 14.6. The first-order valence-corrected chi connectivity index (χ1v) is 15.0. The maximum absolute atomic E-state index is 12.4. The number of carbonyl (C=O) groups excluding carboxylic acids is 1. The molecule has 0 saturated carbocycles. The van der Waals surface area contributed by atoms with Gasteiger partial charge in [-0.05, 0) is 54.8 Å². The maximum Gasteiger partial charge on any atom is 0.319 e. The quantitative estimate of drug-likeness (QED) is 0.292. The van der Waals surface area contributed by atoms with Gasteiger partial charge < -0.3 is 30.1 Å². The first kappa shape index (κ1) is 29.3. The summed E-state index contributed by atoms with van der Waals surface area (Å²) >= 11 is 0. The van der Waals surface area contributed by atoms with Gasteiger partial charge in [0.15, 0.2) is 6.29 Å². The summed E-state index contributed by atoms with van der Waals surface area (Å²) in [6.07, 6.45) is 5.77. The molecular formula is C34H43N3O4. The number of hydrogen-bond acceptors (Lipinski definition) is 5. The fourth-order valence-electron chi connectivity index (χ4n) is 5.76. The van der Waals surface area contributed by atoms with Crippen molar-refractivity contribution in [2.24, 2.45) is 5.92 Å². The highest BCUT2D eigenvalue weighted by atomic mass is 16.7. The van der Waals surface area contributed by atoms with Crippen molar-refractivity contribution >= 4 is 11.7 Å². The average molecular weight is 558 g/mol. The summed E-state index contributed by atoms with van der Waals surface area (Å²) in [6.45, 7) is 5.81. The van der Waals surface area contributed by atoms with E-state index in [4.69, 9.17) is 9.47 Å². The van der Waals surface area contributed by atoms with Crippen molar-refractivity contribution in [1.82, 2.24) is 10.2 Å². The Hall–Kier alpha value is -3.23. The predicted octanol–water partition coefficient (Wildman–Crippen LogP) is 6.56. The van der Waals surface area contributed by atoms with Crippen LogP contribution in [-0.4, -0.2) is 41.8 Å². The number of nitrogens with one attached hydrogen (secondary N) is 2. The molecule has 41 heavy (non-hydrogen) atoms.